The van der Waals surface area contributed by atoms with Gasteiger partial charge in [-0.15, -0.1) is 0 Å². The molecule has 132 valence electrons. The molecule has 2 aromatic carbocycles. The van der Waals surface area contributed by atoms with Gasteiger partial charge in [0.25, 0.3) is 5.91 Å². The van der Waals surface area contributed by atoms with Crippen molar-refractivity contribution in [2.24, 2.45) is 0 Å². The highest BCUT2D eigenvalue weighted by molar-refractivity contribution is 6.04. The van der Waals surface area contributed by atoms with Crippen molar-refractivity contribution in [2.45, 2.75) is 0 Å². The minimum absolute atomic E-state index is 0.165. The van der Waals surface area contributed by atoms with Gasteiger partial charge in [-0.25, -0.2) is 13.8 Å². The van der Waals surface area contributed by atoms with Crippen LogP contribution in [0, 0.1) is 11.6 Å². The van der Waals surface area contributed by atoms with E-state index in [1.54, 1.807) is 19.2 Å². The molecule has 1 aromatic heterocycles. The Morgan fingerprint density at radius 2 is 1.73 bits per heavy atom. The quantitative estimate of drug-likeness (QED) is 0.714. The number of hydrogen-bond donors (Lipinski definition) is 2. The van der Waals surface area contributed by atoms with Crippen LogP contribution in [0.5, 0.6) is 5.75 Å². The minimum atomic E-state index is -0.847. The van der Waals surface area contributed by atoms with Crippen LogP contribution in [-0.2, 0) is 0 Å². The van der Waals surface area contributed by atoms with Crippen LogP contribution in [0.15, 0.2) is 60.8 Å². The third-order valence-corrected chi connectivity index (χ3v) is 3.60. The maximum absolute atomic E-state index is 13.6. The summed E-state index contributed by atoms with van der Waals surface area (Å²) in [6.45, 7) is 0. The number of hydrogen-bond acceptors (Lipinski definition) is 4. The first kappa shape index (κ1) is 17.3. The number of rotatable bonds is 5. The number of anilines is 3. The minimum Gasteiger partial charge on any atom is -0.495 e. The molecular weight excluding hydrogens is 340 g/mol. The number of benzene rings is 2. The number of pyridine rings is 1. The number of methoxy groups -OCH3 is 1. The molecule has 3 rings (SSSR count). The zero-order valence-electron chi connectivity index (χ0n) is 13.8. The lowest BCUT2D eigenvalue weighted by Crippen LogP contribution is -2.14. The first-order valence-corrected chi connectivity index (χ1v) is 7.70. The summed E-state index contributed by atoms with van der Waals surface area (Å²) in [5, 5.41) is 5.28. The third-order valence-electron chi connectivity index (χ3n) is 3.60. The van der Waals surface area contributed by atoms with Crippen LogP contribution in [-0.4, -0.2) is 18.0 Å². The molecule has 2 N–H and O–H groups in total. The van der Waals surface area contributed by atoms with Crippen molar-refractivity contribution in [2.75, 3.05) is 17.7 Å². The maximum Gasteiger partial charge on any atom is 0.257 e. The third kappa shape index (κ3) is 3.77. The van der Waals surface area contributed by atoms with Gasteiger partial charge >= 0.3 is 0 Å². The lowest BCUT2D eigenvalue weighted by atomic mass is 10.2. The Hall–Kier alpha value is -3.48. The smallest absolute Gasteiger partial charge is 0.257 e. The van der Waals surface area contributed by atoms with Gasteiger partial charge < -0.3 is 15.4 Å². The van der Waals surface area contributed by atoms with Crippen LogP contribution in [0.3, 0.4) is 0 Å². The van der Waals surface area contributed by atoms with Gasteiger partial charge in [0.1, 0.15) is 28.9 Å². The second-order valence-electron chi connectivity index (χ2n) is 5.31. The van der Waals surface area contributed by atoms with Gasteiger partial charge in [-0.05, 0) is 36.4 Å². The zero-order chi connectivity index (χ0) is 18.5. The fourth-order valence-corrected chi connectivity index (χ4v) is 2.29. The average molecular weight is 355 g/mol. The highest BCUT2D eigenvalue weighted by Crippen LogP contribution is 2.26. The predicted molar refractivity (Wildman–Crippen MR) is 94.8 cm³/mol. The Morgan fingerprint density at radius 3 is 2.38 bits per heavy atom. The summed E-state index contributed by atoms with van der Waals surface area (Å²) < 4.78 is 32.5. The van der Waals surface area contributed by atoms with E-state index < -0.39 is 23.2 Å². The fraction of sp³-hybridized carbons (Fsp3) is 0.0526. The number of carbonyl (C=O) groups is 1. The normalized spacial score (nSPS) is 10.3. The second-order valence-corrected chi connectivity index (χ2v) is 5.31. The molecule has 0 bridgehead atoms. The van der Waals surface area contributed by atoms with Crippen molar-refractivity contribution in [3.05, 3.63) is 78.0 Å². The number of ether oxygens (including phenoxy) is 1. The molecule has 0 saturated carbocycles. The summed E-state index contributed by atoms with van der Waals surface area (Å²) in [4.78, 5) is 16.3. The molecule has 0 aliphatic carbocycles. The predicted octanol–water partition coefficient (Wildman–Crippen LogP) is 4.36. The van der Waals surface area contributed by atoms with Crippen LogP contribution in [0.2, 0.25) is 0 Å². The highest BCUT2D eigenvalue weighted by Gasteiger charge is 2.14. The molecule has 0 atom stereocenters. The molecule has 0 fully saturated rings. The summed E-state index contributed by atoms with van der Waals surface area (Å²) in [5.41, 5.74) is 0.389. The Kier molecular flexibility index (Phi) is 5.07. The van der Waals surface area contributed by atoms with E-state index in [9.17, 15) is 13.6 Å². The van der Waals surface area contributed by atoms with E-state index in [0.717, 1.165) is 12.1 Å². The summed E-state index contributed by atoms with van der Waals surface area (Å²) in [6.07, 6.45) is 1.31. The number of nitrogens with one attached hydrogen (secondary N) is 2. The van der Waals surface area contributed by atoms with Gasteiger partial charge in [-0.2, -0.15) is 0 Å². The summed E-state index contributed by atoms with van der Waals surface area (Å²) in [7, 11) is 1.56. The van der Waals surface area contributed by atoms with E-state index in [1.807, 2.05) is 18.2 Å². The molecular formula is C19H15F2N3O2. The second kappa shape index (κ2) is 7.60. The standard InChI is InChI=1S/C19H15F2N3O2/c1-26-16-8-3-2-7-15(16)23-17-10-9-12(11-22-17)19(25)24-18-13(20)5-4-6-14(18)21/h2-11H,1H3,(H,22,23)(H,24,25). The van der Waals surface area contributed by atoms with Crippen LogP contribution in [0.1, 0.15) is 10.4 Å². The largest absolute Gasteiger partial charge is 0.495 e. The Morgan fingerprint density at radius 1 is 1.00 bits per heavy atom. The van der Waals surface area contributed by atoms with Crippen molar-refractivity contribution in [3.63, 3.8) is 0 Å². The summed E-state index contributed by atoms with van der Waals surface area (Å²) >= 11 is 0. The molecule has 7 heteroatoms. The molecule has 0 aliphatic rings. The summed E-state index contributed by atoms with van der Waals surface area (Å²) in [5.74, 6) is -1.22. The van der Waals surface area contributed by atoms with E-state index in [2.05, 4.69) is 15.6 Å². The molecule has 0 unspecified atom stereocenters. The van der Waals surface area contributed by atoms with Crippen molar-refractivity contribution >= 4 is 23.1 Å². The van der Waals surface area contributed by atoms with Crippen molar-refractivity contribution in [1.82, 2.24) is 4.98 Å². The average Bonchev–Trinajstić information content (AvgIpc) is 2.66. The molecule has 26 heavy (non-hydrogen) atoms. The van der Waals surface area contributed by atoms with Gasteiger partial charge in [-0.3, -0.25) is 4.79 Å². The lowest BCUT2D eigenvalue weighted by molar-refractivity contribution is 0.102. The van der Waals surface area contributed by atoms with Crippen molar-refractivity contribution in [3.8, 4) is 5.75 Å². The van der Waals surface area contributed by atoms with Gasteiger partial charge in [0, 0.05) is 6.20 Å². The monoisotopic (exact) mass is 355 g/mol. The van der Waals surface area contributed by atoms with Gasteiger partial charge in [-0.1, -0.05) is 18.2 Å². The maximum atomic E-state index is 13.6. The number of aromatic nitrogens is 1. The first-order valence-electron chi connectivity index (χ1n) is 7.70. The van der Waals surface area contributed by atoms with Gasteiger partial charge in [0.2, 0.25) is 0 Å². The highest BCUT2D eigenvalue weighted by atomic mass is 19.1. The van der Waals surface area contributed by atoms with E-state index in [1.165, 1.54) is 18.3 Å². The van der Waals surface area contributed by atoms with Gasteiger partial charge in [0.05, 0.1) is 18.4 Å². The topological polar surface area (TPSA) is 63.2 Å². The number of nitrogens with zero attached hydrogens (tertiary/aromatic N) is 1. The number of halogens is 2. The van der Waals surface area contributed by atoms with Crippen LogP contribution < -0.4 is 15.4 Å². The van der Waals surface area contributed by atoms with Crippen molar-refractivity contribution < 1.29 is 18.3 Å². The molecule has 0 aliphatic heterocycles. The Labute approximate surface area is 148 Å². The van der Waals surface area contributed by atoms with Crippen LogP contribution in [0.4, 0.5) is 26.0 Å². The van der Waals surface area contributed by atoms with Crippen molar-refractivity contribution in [1.29, 1.82) is 0 Å². The molecule has 5 nitrogen and oxygen atoms in total. The Balaban J connectivity index is 1.74. The van der Waals surface area contributed by atoms with E-state index in [0.29, 0.717) is 17.3 Å². The molecule has 0 spiro atoms. The molecule has 1 heterocycles. The molecule has 1 amide bonds. The van der Waals surface area contributed by atoms with E-state index in [4.69, 9.17) is 4.74 Å². The number of amides is 1. The molecule has 3 aromatic rings. The first-order chi connectivity index (χ1) is 12.6. The van der Waals surface area contributed by atoms with Crippen LogP contribution in [0.25, 0.3) is 0 Å². The van der Waals surface area contributed by atoms with Gasteiger partial charge in [0.15, 0.2) is 0 Å². The van der Waals surface area contributed by atoms with E-state index in [-0.39, 0.29) is 5.56 Å². The number of carbonyl (C=O) groups excluding carboxylic acids is 1. The molecule has 0 saturated heterocycles. The Bertz CT molecular complexity index is 910. The fourth-order valence-electron chi connectivity index (χ4n) is 2.29. The summed E-state index contributed by atoms with van der Waals surface area (Å²) in [6, 6.07) is 13.7. The number of para-hydroxylation sites is 3. The lowest BCUT2D eigenvalue weighted by Gasteiger charge is -2.11. The zero-order valence-corrected chi connectivity index (χ0v) is 13.8. The van der Waals surface area contributed by atoms with E-state index >= 15 is 0 Å². The molecule has 0 radical (unpaired) electrons. The SMILES string of the molecule is COc1ccccc1Nc1ccc(C(=O)Nc2c(F)cccc2F)cn1. The van der Waals surface area contributed by atoms with Crippen LogP contribution >= 0.6 is 0 Å².